The lowest BCUT2D eigenvalue weighted by molar-refractivity contribution is -0.146. The first kappa shape index (κ1) is 10.7. The van der Waals surface area contributed by atoms with E-state index in [1.807, 2.05) is 4.90 Å². The Hall–Kier alpha value is -0.790. The molecule has 2 fully saturated rings. The lowest BCUT2D eigenvalue weighted by Crippen LogP contribution is -2.63. The van der Waals surface area contributed by atoms with E-state index in [-0.39, 0.29) is 11.4 Å². The van der Waals surface area contributed by atoms with Crippen LogP contribution in [0.25, 0.3) is 0 Å². The second-order valence-electron chi connectivity index (χ2n) is 5.14. The average molecular weight is 207 g/mol. The minimum atomic E-state index is 0.120. The third-order valence-corrected chi connectivity index (χ3v) is 4.38. The van der Waals surface area contributed by atoms with E-state index in [1.54, 1.807) is 0 Å². The molecule has 84 valence electrons. The van der Waals surface area contributed by atoms with Gasteiger partial charge < -0.3 is 4.90 Å². The van der Waals surface area contributed by atoms with Gasteiger partial charge in [0.25, 0.3) is 0 Å². The van der Waals surface area contributed by atoms with Crippen molar-refractivity contribution < 1.29 is 4.79 Å². The topological polar surface area (TPSA) is 20.3 Å². The smallest absolute Gasteiger partial charge is 0.246 e. The van der Waals surface area contributed by atoms with Crippen molar-refractivity contribution in [2.24, 2.45) is 5.92 Å². The monoisotopic (exact) mass is 207 g/mol. The SMILES string of the molecule is C=CC(=O)N1CCC1(C)C1CCCCC1. The van der Waals surface area contributed by atoms with Crippen LogP contribution in [-0.4, -0.2) is 22.9 Å². The molecule has 0 aromatic rings. The van der Waals surface area contributed by atoms with Crippen molar-refractivity contribution in [1.82, 2.24) is 4.90 Å². The summed E-state index contributed by atoms with van der Waals surface area (Å²) < 4.78 is 0. The van der Waals surface area contributed by atoms with Crippen molar-refractivity contribution in [2.75, 3.05) is 6.54 Å². The summed E-state index contributed by atoms with van der Waals surface area (Å²) in [5, 5.41) is 0. The van der Waals surface area contributed by atoms with E-state index < -0.39 is 0 Å². The van der Waals surface area contributed by atoms with E-state index in [9.17, 15) is 4.79 Å². The first-order valence-corrected chi connectivity index (χ1v) is 6.12. The molecular formula is C13H21NO. The Bertz CT molecular complexity index is 268. The number of likely N-dealkylation sites (tertiary alicyclic amines) is 1. The summed E-state index contributed by atoms with van der Waals surface area (Å²) in [6, 6.07) is 0. The van der Waals surface area contributed by atoms with E-state index >= 15 is 0 Å². The van der Waals surface area contributed by atoms with Gasteiger partial charge in [0.15, 0.2) is 0 Å². The van der Waals surface area contributed by atoms with Gasteiger partial charge in [0.2, 0.25) is 5.91 Å². The predicted octanol–water partition coefficient (Wildman–Crippen LogP) is 2.74. The van der Waals surface area contributed by atoms with Crippen molar-refractivity contribution >= 4 is 5.91 Å². The van der Waals surface area contributed by atoms with E-state index in [0.29, 0.717) is 0 Å². The normalized spacial score (nSPS) is 32.2. The molecular weight excluding hydrogens is 186 g/mol. The molecule has 15 heavy (non-hydrogen) atoms. The van der Waals surface area contributed by atoms with Gasteiger partial charge in [0, 0.05) is 12.1 Å². The molecule has 2 heteroatoms. The molecule has 1 aliphatic heterocycles. The summed E-state index contributed by atoms with van der Waals surface area (Å²) in [6.45, 7) is 6.77. The molecule has 1 aliphatic carbocycles. The largest absolute Gasteiger partial charge is 0.333 e. The Labute approximate surface area is 92.3 Å². The number of nitrogens with zero attached hydrogens (tertiary/aromatic N) is 1. The summed E-state index contributed by atoms with van der Waals surface area (Å²) in [5.74, 6) is 0.846. The van der Waals surface area contributed by atoms with Gasteiger partial charge in [-0.3, -0.25) is 4.79 Å². The molecule has 1 saturated heterocycles. The number of hydrogen-bond acceptors (Lipinski definition) is 1. The number of amides is 1. The summed E-state index contributed by atoms with van der Waals surface area (Å²) in [7, 11) is 0. The molecule has 2 rings (SSSR count). The maximum absolute atomic E-state index is 11.7. The maximum atomic E-state index is 11.7. The summed E-state index contributed by atoms with van der Waals surface area (Å²) in [5.41, 5.74) is 0.145. The number of carbonyl (C=O) groups is 1. The molecule has 1 heterocycles. The van der Waals surface area contributed by atoms with Crippen molar-refractivity contribution in [3.63, 3.8) is 0 Å². The molecule has 0 spiro atoms. The molecule has 0 bridgehead atoms. The van der Waals surface area contributed by atoms with Crippen LogP contribution >= 0.6 is 0 Å². The highest BCUT2D eigenvalue weighted by molar-refractivity contribution is 5.88. The Morgan fingerprint density at radius 1 is 1.40 bits per heavy atom. The average Bonchev–Trinajstić information content (AvgIpc) is 2.27. The second kappa shape index (κ2) is 3.99. The maximum Gasteiger partial charge on any atom is 0.246 e. The zero-order chi connectivity index (χ0) is 10.9. The van der Waals surface area contributed by atoms with E-state index in [4.69, 9.17) is 0 Å². The fourth-order valence-electron chi connectivity index (χ4n) is 3.20. The first-order chi connectivity index (χ1) is 7.18. The van der Waals surface area contributed by atoms with Gasteiger partial charge in [-0.15, -0.1) is 0 Å². The third-order valence-electron chi connectivity index (χ3n) is 4.38. The fourth-order valence-corrected chi connectivity index (χ4v) is 3.20. The molecule has 1 unspecified atom stereocenters. The Morgan fingerprint density at radius 2 is 2.07 bits per heavy atom. The summed E-state index contributed by atoms with van der Waals surface area (Å²) in [4.78, 5) is 13.7. The highest BCUT2D eigenvalue weighted by atomic mass is 16.2. The molecule has 0 radical (unpaired) electrons. The van der Waals surface area contributed by atoms with Crippen LogP contribution in [0, 0.1) is 5.92 Å². The lowest BCUT2D eigenvalue weighted by atomic mass is 9.69. The molecule has 1 atom stereocenters. The molecule has 1 amide bonds. The van der Waals surface area contributed by atoms with Gasteiger partial charge in [-0.25, -0.2) is 0 Å². The minimum absolute atomic E-state index is 0.120. The quantitative estimate of drug-likeness (QED) is 0.638. The lowest BCUT2D eigenvalue weighted by Gasteiger charge is -2.55. The predicted molar refractivity (Wildman–Crippen MR) is 61.5 cm³/mol. The van der Waals surface area contributed by atoms with Crippen LogP contribution in [0.5, 0.6) is 0 Å². The van der Waals surface area contributed by atoms with Crippen LogP contribution in [0.4, 0.5) is 0 Å². The van der Waals surface area contributed by atoms with Crippen LogP contribution in [0.3, 0.4) is 0 Å². The molecule has 1 saturated carbocycles. The van der Waals surface area contributed by atoms with Crippen LogP contribution < -0.4 is 0 Å². The van der Waals surface area contributed by atoms with Crippen LogP contribution in [-0.2, 0) is 4.79 Å². The van der Waals surface area contributed by atoms with Crippen molar-refractivity contribution in [3.8, 4) is 0 Å². The second-order valence-corrected chi connectivity index (χ2v) is 5.14. The van der Waals surface area contributed by atoms with Gasteiger partial charge in [-0.05, 0) is 38.2 Å². The van der Waals surface area contributed by atoms with E-state index in [1.165, 1.54) is 44.6 Å². The Balaban J connectivity index is 2.05. The number of rotatable bonds is 2. The van der Waals surface area contributed by atoms with Gasteiger partial charge in [-0.2, -0.15) is 0 Å². The van der Waals surface area contributed by atoms with Gasteiger partial charge in [-0.1, -0.05) is 25.8 Å². The summed E-state index contributed by atoms with van der Waals surface area (Å²) in [6.07, 6.45) is 9.31. The molecule has 0 aromatic heterocycles. The zero-order valence-corrected chi connectivity index (χ0v) is 9.67. The molecule has 0 N–H and O–H groups in total. The first-order valence-electron chi connectivity index (χ1n) is 6.12. The van der Waals surface area contributed by atoms with Gasteiger partial charge in [0.1, 0.15) is 0 Å². The highest BCUT2D eigenvalue weighted by Crippen LogP contribution is 2.43. The van der Waals surface area contributed by atoms with Gasteiger partial charge in [0.05, 0.1) is 0 Å². The van der Waals surface area contributed by atoms with Crippen LogP contribution in [0.1, 0.15) is 45.4 Å². The van der Waals surface area contributed by atoms with Crippen molar-refractivity contribution in [1.29, 1.82) is 0 Å². The van der Waals surface area contributed by atoms with Gasteiger partial charge >= 0.3 is 0 Å². The minimum Gasteiger partial charge on any atom is -0.333 e. The standard InChI is InChI=1S/C13H21NO/c1-3-12(15)14-10-9-13(14,2)11-7-5-4-6-8-11/h3,11H,1,4-10H2,2H3. The van der Waals surface area contributed by atoms with Crippen molar-refractivity contribution in [3.05, 3.63) is 12.7 Å². The number of hydrogen-bond donors (Lipinski definition) is 0. The highest BCUT2D eigenvalue weighted by Gasteiger charge is 2.47. The Morgan fingerprint density at radius 3 is 2.53 bits per heavy atom. The molecule has 2 aliphatic rings. The zero-order valence-electron chi connectivity index (χ0n) is 9.67. The third kappa shape index (κ3) is 1.70. The van der Waals surface area contributed by atoms with E-state index in [0.717, 1.165) is 12.5 Å². The fraction of sp³-hybridized carbons (Fsp3) is 0.769. The van der Waals surface area contributed by atoms with Crippen molar-refractivity contribution in [2.45, 2.75) is 51.0 Å². The Kier molecular flexibility index (Phi) is 2.85. The van der Waals surface area contributed by atoms with Crippen LogP contribution in [0.2, 0.25) is 0 Å². The molecule has 0 aromatic carbocycles. The van der Waals surface area contributed by atoms with E-state index in [2.05, 4.69) is 13.5 Å². The van der Waals surface area contributed by atoms with Crippen LogP contribution in [0.15, 0.2) is 12.7 Å². The number of carbonyl (C=O) groups excluding carboxylic acids is 1. The molecule has 2 nitrogen and oxygen atoms in total. The summed E-state index contributed by atoms with van der Waals surface area (Å²) >= 11 is 0.